The minimum Gasteiger partial charge on any atom is -0.495 e. The van der Waals surface area contributed by atoms with Crippen molar-refractivity contribution < 1.29 is 32.2 Å². The largest absolute Gasteiger partial charge is 0.495 e. The molecule has 172 valence electrons. The summed E-state index contributed by atoms with van der Waals surface area (Å²) in [7, 11) is 1.28. The number of halogens is 3. The molecule has 11 heteroatoms. The fourth-order valence-corrected chi connectivity index (χ4v) is 2.84. The summed E-state index contributed by atoms with van der Waals surface area (Å²) in [5.41, 5.74) is 5.21. The molecule has 0 aliphatic carbocycles. The first-order valence-electron chi connectivity index (χ1n) is 9.44. The molecule has 0 aliphatic rings. The van der Waals surface area contributed by atoms with Crippen molar-refractivity contribution in [2.24, 2.45) is 5.73 Å². The Balaban J connectivity index is 1.72. The van der Waals surface area contributed by atoms with E-state index in [1.165, 1.54) is 19.4 Å². The Bertz CT molecular complexity index is 1200. The number of carbonyl (C=O) groups excluding carboxylic acids is 2. The van der Waals surface area contributed by atoms with Gasteiger partial charge in [-0.15, -0.1) is 0 Å². The van der Waals surface area contributed by atoms with Crippen LogP contribution in [-0.4, -0.2) is 24.0 Å². The minimum absolute atomic E-state index is 0.0456. The molecular formula is C22H19F3N4O4. The number of primary amides is 1. The Hall–Kier alpha value is -4.28. The molecule has 0 spiro atoms. The van der Waals surface area contributed by atoms with E-state index in [-0.39, 0.29) is 17.1 Å². The molecule has 1 aromatic heterocycles. The molecule has 3 aromatic rings. The van der Waals surface area contributed by atoms with E-state index in [1.807, 2.05) is 0 Å². The van der Waals surface area contributed by atoms with Crippen LogP contribution in [0.5, 0.6) is 17.2 Å². The highest BCUT2D eigenvalue weighted by Crippen LogP contribution is 2.35. The molecule has 1 heterocycles. The maximum absolute atomic E-state index is 13.0. The van der Waals surface area contributed by atoms with Crippen LogP contribution in [0.2, 0.25) is 0 Å². The Morgan fingerprint density at radius 1 is 0.970 bits per heavy atom. The molecule has 3 amide bonds. The number of anilines is 2. The van der Waals surface area contributed by atoms with Crippen LogP contribution in [0.3, 0.4) is 0 Å². The van der Waals surface area contributed by atoms with Gasteiger partial charge in [0.05, 0.1) is 18.4 Å². The van der Waals surface area contributed by atoms with Gasteiger partial charge in [-0.25, -0.2) is 4.79 Å². The van der Waals surface area contributed by atoms with Gasteiger partial charge in [0.15, 0.2) is 0 Å². The third-order valence-electron chi connectivity index (χ3n) is 4.44. The number of urea groups is 1. The molecule has 0 saturated carbocycles. The maximum atomic E-state index is 13.0. The number of nitrogens with zero attached hydrogens (tertiary/aromatic N) is 1. The molecule has 0 bridgehead atoms. The highest BCUT2D eigenvalue weighted by molar-refractivity contribution is 6.01. The van der Waals surface area contributed by atoms with Crippen LogP contribution in [0.15, 0.2) is 54.7 Å². The minimum atomic E-state index is -4.57. The standard InChI is InChI=1S/C22H19F3N4O4/c1-12-9-14(33-15-7-8-27-18(11-15)20(26)30)4-5-16(12)28-21(31)29-17-10-13(22(23,24)25)3-6-19(17)32-2/h3-11H,1-2H3,(H2,26,30)(H2,28,29,31). The van der Waals surface area contributed by atoms with Crippen LogP contribution in [0.1, 0.15) is 21.6 Å². The molecule has 8 nitrogen and oxygen atoms in total. The number of aromatic nitrogens is 1. The predicted molar refractivity (Wildman–Crippen MR) is 115 cm³/mol. The number of carbonyl (C=O) groups is 2. The van der Waals surface area contributed by atoms with Gasteiger partial charge in [-0.1, -0.05) is 0 Å². The van der Waals surface area contributed by atoms with E-state index >= 15 is 0 Å². The number of hydrogen-bond donors (Lipinski definition) is 3. The number of amides is 3. The molecule has 4 N–H and O–H groups in total. The van der Waals surface area contributed by atoms with E-state index in [9.17, 15) is 22.8 Å². The lowest BCUT2D eigenvalue weighted by atomic mass is 10.1. The zero-order valence-corrected chi connectivity index (χ0v) is 17.5. The third kappa shape index (κ3) is 5.91. The number of methoxy groups -OCH3 is 1. The molecule has 0 radical (unpaired) electrons. The summed E-state index contributed by atoms with van der Waals surface area (Å²) >= 11 is 0. The Morgan fingerprint density at radius 3 is 2.30 bits per heavy atom. The summed E-state index contributed by atoms with van der Waals surface area (Å²) in [6, 6.07) is 9.70. The molecule has 0 saturated heterocycles. The number of benzene rings is 2. The lowest BCUT2D eigenvalue weighted by molar-refractivity contribution is -0.137. The topological polar surface area (TPSA) is 116 Å². The molecule has 0 aliphatic heterocycles. The average molecular weight is 460 g/mol. The number of pyridine rings is 1. The summed E-state index contributed by atoms with van der Waals surface area (Å²) in [4.78, 5) is 27.5. The smallest absolute Gasteiger partial charge is 0.416 e. The van der Waals surface area contributed by atoms with Gasteiger partial charge in [-0.05, 0) is 55.0 Å². The fraction of sp³-hybridized carbons (Fsp3) is 0.136. The zero-order valence-electron chi connectivity index (χ0n) is 17.5. The monoisotopic (exact) mass is 460 g/mol. The van der Waals surface area contributed by atoms with Crippen LogP contribution in [0.25, 0.3) is 0 Å². The van der Waals surface area contributed by atoms with E-state index in [0.717, 1.165) is 18.2 Å². The molecule has 0 fully saturated rings. The van der Waals surface area contributed by atoms with Gasteiger partial charge in [0.25, 0.3) is 5.91 Å². The third-order valence-corrected chi connectivity index (χ3v) is 4.44. The second kappa shape index (κ2) is 9.47. The molecule has 2 aromatic carbocycles. The summed E-state index contributed by atoms with van der Waals surface area (Å²) in [5.74, 6) is 0.138. The molecule has 3 rings (SSSR count). The van der Waals surface area contributed by atoms with Gasteiger partial charge >= 0.3 is 12.2 Å². The maximum Gasteiger partial charge on any atom is 0.416 e. The highest BCUT2D eigenvalue weighted by atomic mass is 19.4. The van der Waals surface area contributed by atoms with Gasteiger partial charge in [0.1, 0.15) is 22.9 Å². The lowest BCUT2D eigenvalue weighted by Gasteiger charge is -2.15. The number of ether oxygens (including phenoxy) is 2. The predicted octanol–water partition coefficient (Wildman–Crippen LogP) is 4.95. The normalized spacial score (nSPS) is 10.9. The summed E-state index contributed by atoms with van der Waals surface area (Å²) in [5, 5.41) is 4.93. The number of hydrogen-bond acceptors (Lipinski definition) is 5. The second-order valence-electron chi connectivity index (χ2n) is 6.81. The number of nitrogens with one attached hydrogen (secondary N) is 2. The van der Waals surface area contributed by atoms with Crippen molar-refractivity contribution in [3.05, 3.63) is 71.5 Å². The van der Waals surface area contributed by atoms with Crippen molar-refractivity contribution in [3.63, 3.8) is 0 Å². The fourth-order valence-electron chi connectivity index (χ4n) is 2.84. The lowest BCUT2D eigenvalue weighted by Crippen LogP contribution is -2.21. The Kier molecular flexibility index (Phi) is 6.71. The number of nitrogens with two attached hydrogens (primary N) is 1. The quantitative estimate of drug-likeness (QED) is 0.481. The van der Waals surface area contributed by atoms with Crippen molar-refractivity contribution in [1.82, 2.24) is 4.98 Å². The van der Waals surface area contributed by atoms with Gasteiger partial charge in [-0.3, -0.25) is 9.78 Å². The van der Waals surface area contributed by atoms with Crippen molar-refractivity contribution in [2.45, 2.75) is 13.1 Å². The highest BCUT2D eigenvalue weighted by Gasteiger charge is 2.31. The van der Waals surface area contributed by atoms with Crippen LogP contribution in [-0.2, 0) is 6.18 Å². The van der Waals surface area contributed by atoms with E-state index < -0.39 is 23.7 Å². The van der Waals surface area contributed by atoms with E-state index in [4.69, 9.17) is 15.2 Å². The molecular weight excluding hydrogens is 441 g/mol. The van der Waals surface area contributed by atoms with Crippen molar-refractivity contribution in [2.75, 3.05) is 17.7 Å². The van der Waals surface area contributed by atoms with Gasteiger partial charge in [0.2, 0.25) is 0 Å². The van der Waals surface area contributed by atoms with Crippen molar-refractivity contribution in [3.8, 4) is 17.2 Å². The Morgan fingerprint density at radius 2 is 1.67 bits per heavy atom. The number of aryl methyl sites for hydroxylation is 1. The molecule has 33 heavy (non-hydrogen) atoms. The van der Waals surface area contributed by atoms with E-state index in [1.54, 1.807) is 31.2 Å². The second-order valence-corrected chi connectivity index (χ2v) is 6.81. The van der Waals surface area contributed by atoms with Crippen LogP contribution >= 0.6 is 0 Å². The molecule has 0 atom stereocenters. The number of alkyl halides is 3. The molecule has 0 unspecified atom stereocenters. The SMILES string of the molecule is COc1ccc(C(F)(F)F)cc1NC(=O)Nc1ccc(Oc2ccnc(C(N)=O)c2)cc1C. The summed E-state index contributed by atoms with van der Waals surface area (Å²) < 4.78 is 49.7. The first-order chi connectivity index (χ1) is 15.6. The zero-order chi connectivity index (χ0) is 24.2. The van der Waals surface area contributed by atoms with Crippen LogP contribution in [0, 0.1) is 6.92 Å². The summed E-state index contributed by atoms with van der Waals surface area (Å²) in [6.45, 7) is 1.70. The number of rotatable bonds is 6. The van der Waals surface area contributed by atoms with Crippen molar-refractivity contribution >= 4 is 23.3 Å². The first-order valence-corrected chi connectivity index (χ1v) is 9.44. The van der Waals surface area contributed by atoms with Crippen molar-refractivity contribution in [1.29, 1.82) is 0 Å². The average Bonchev–Trinajstić information content (AvgIpc) is 2.75. The first kappa shape index (κ1) is 23.4. The van der Waals surface area contributed by atoms with Gasteiger partial charge < -0.3 is 25.8 Å². The van der Waals surface area contributed by atoms with E-state index in [2.05, 4.69) is 15.6 Å². The van der Waals surface area contributed by atoms with Gasteiger partial charge in [-0.2, -0.15) is 13.2 Å². The van der Waals surface area contributed by atoms with Crippen LogP contribution in [0.4, 0.5) is 29.3 Å². The van der Waals surface area contributed by atoms with E-state index in [0.29, 0.717) is 22.7 Å². The van der Waals surface area contributed by atoms with Crippen LogP contribution < -0.4 is 25.8 Å². The summed E-state index contributed by atoms with van der Waals surface area (Å²) in [6.07, 6.45) is -3.19. The Labute approximate surface area is 186 Å². The van der Waals surface area contributed by atoms with Gasteiger partial charge in [0, 0.05) is 18.0 Å².